The van der Waals surface area contributed by atoms with Crippen molar-refractivity contribution in [3.05, 3.63) is 30.3 Å². The Morgan fingerprint density at radius 3 is 2.52 bits per heavy atom. The number of hydrogen-bond acceptors (Lipinski definition) is 3. The van der Waals surface area contributed by atoms with Crippen LogP contribution in [-0.2, 0) is 9.59 Å². The molecule has 1 aromatic rings. The first kappa shape index (κ1) is 14.3. The van der Waals surface area contributed by atoms with Gasteiger partial charge in [0.15, 0.2) is 0 Å². The van der Waals surface area contributed by atoms with Crippen LogP contribution in [0.5, 0.6) is 0 Å². The number of carbonyl (C=O) groups excluding carboxylic acids is 2. The van der Waals surface area contributed by atoms with Gasteiger partial charge in [0, 0.05) is 6.54 Å². The summed E-state index contributed by atoms with van der Waals surface area (Å²) in [5.74, 6) is 0.596. The van der Waals surface area contributed by atoms with Crippen LogP contribution in [-0.4, -0.2) is 35.8 Å². The molecule has 1 atom stereocenters. The number of carbonyl (C=O) groups is 2. The molecule has 0 spiro atoms. The number of imide groups is 1. The van der Waals surface area contributed by atoms with Crippen LogP contribution in [0.3, 0.4) is 0 Å². The molecule has 1 saturated carbocycles. The van der Waals surface area contributed by atoms with E-state index in [-0.39, 0.29) is 17.9 Å². The normalized spacial score (nSPS) is 22.4. The topological polar surface area (TPSA) is 40.6 Å². The summed E-state index contributed by atoms with van der Waals surface area (Å²) in [5.41, 5.74) is 0.692. The predicted octanol–water partition coefficient (Wildman–Crippen LogP) is 2.44. The maximum Gasteiger partial charge on any atom is 0.251 e. The number of nitrogens with zero attached hydrogens (tertiary/aromatic N) is 2. The third kappa shape index (κ3) is 3.00. The van der Waals surface area contributed by atoms with Crippen molar-refractivity contribution in [1.29, 1.82) is 0 Å². The molecule has 1 aliphatic heterocycles. The minimum Gasteiger partial charge on any atom is -0.291 e. The van der Waals surface area contributed by atoms with E-state index in [0.717, 1.165) is 25.4 Å². The van der Waals surface area contributed by atoms with Gasteiger partial charge in [-0.15, -0.1) is 0 Å². The second-order valence-electron chi connectivity index (χ2n) is 6.06. The van der Waals surface area contributed by atoms with Crippen molar-refractivity contribution < 1.29 is 9.59 Å². The molecule has 0 bridgehead atoms. The highest BCUT2D eigenvalue weighted by Crippen LogP contribution is 2.32. The summed E-state index contributed by atoms with van der Waals surface area (Å²) < 4.78 is 0. The van der Waals surface area contributed by atoms with Crippen LogP contribution in [0, 0.1) is 5.92 Å². The molecule has 2 fully saturated rings. The summed E-state index contributed by atoms with van der Waals surface area (Å²) in [6.45, 7) is 3.97. The molecule has 21 heavy (non-hydrogen) atoms. The zero-order valence-corrected chi connectivity index (χ0v) is 12.5. The lowest BCUT2D eigenvalue weighted by atomic mass is 10.2. The van der Waals surface area contributed by atoms with Gasteiger partial charge in [0.1, 0.15) is 0 Å². The lowest BCUT2D eigenvalue weighted by Gasteiger charge is -2.26. The zero-order valence-electron chi connectivity index (χ0n) is 12.5. The van der Waals surface area contributed by atoms with E-state index in [0.29, 0.717) is 12.1 Å². The summed E-state index contributed by atoms with van der Waals surface area (Å²) in [6, 6.07) is 8.99. The quantitative estimate of drug-likeness (QED) is 0.754. The van der Waals surface area contributed by atoms with E-state index >= 15 is 0 Å². The Morgan fingerprint density at radius 1 is 1.19 bits per heavy atom. The van der Waals surface area contributed by atoms with Gasteiger partial charge in [-0.2, -0.15) is 0 Å². The van der Waals surface area contributed by atoms with Crippen LogP contribution in [0.25, 0.3) is 0 Å². The van der Waals surface area contributed by atoms with Gasteiger partial charge in [0.25, 0.3) is 5.91 Å². The number of para-hydroxylation sites is 1. The van der Waals surface area contributed by atoms with Crippen molar-refractivity contribution in [2.45, 2.75) is 38.6 Å². The molecule has 112 valence electrons. The molecular formula is C17H22N2O2. The van der Waals surface area contributed by atoms with Crippen LogP contribution >= 0.6 is 0 Å². The van der Waals surface area contributed by atoms with E-state index < -0.39 is 0 Å². The summed E-state index contributed by atoms with van der Waals surface area (Å²) in [7, 11) is 0. The first-order chi connectivity index (χ1) is 10.2. The number of rotatable bonds is 6. The first-order valence-corrected chi connectivity index (χ1v) is 7.86. The molecule has 1 saturated heterocycles. The SMILES string of the molecule is CCCN(CC1CC1)[C@H]1CC(=O)N(c2ccccc2)C1=O. The lowest BCUT2D eigenvalue weighted by molar-refractivity contribution is -0.123. The molecule has 2 aliphatic rings. The van der Waals surface area contributed by atoms with Gasteiger partial charge >= 0.3 is 0 Å². The maximum atomic E-state index is 12.7. The third-order valence-electron chi connectivity index (χ3n) is 4.28. The molecule has 0 N–H and O–H groups in total. The number of benzene rings is 1. The number of amides is 2. The fraction of sp³-hybridized carbons (Fsp3) is 0.529. The molecule has 2 amide bonds. The third-order valence-corrected chi connectivity index (χ3v) is 4.28. The summed E-state index contributed by atoms with van der Waals surface area (Å²) in [5, 5.41) is 0. The highest BCUT2D eigenvalue weighted by Gasteiger charge is 2.43. The molecule has 4 nitrogen and oxygen atoms in total. The molecule has 0 radical (unpaired) electrons. The van der Waals surface area contributed by atoms with Crippen molar-refractivity contribution >= 4 is 17.5 Å². The van der Waals surface area contributed by atoms with Crippen molar-refractivity contribution in [2.75, 3.05) is 18.0 Å². The van der Waals surface area contributed by atoms with Crippen molar-refractivity contribution in [3.8, 4) is 0 Å². The molecule has 0 aromatic heterocycles. The molecule has 1 aliphatic carbocycles. The minimum absolute atomic E-state index is 0.0553. The standard InChI is InChI=1S/C17H22N2O2/c1-2-10-18(12-13-8-9-13)15-11-16(20)19(17(15)21)14-6-4-3-5-7-14/h3-7,13,15H,2,8-12H2,1H3/t15-/m0/s1. The van der Waals surface area contributed by atoms with Crippen LogP contribution < -0.4 is 4.90 Å². The monoisotopic (exact) mass is 286 g/mol. The van der Waals surface area contributed by atoms with Gasteiger partial charge in [0.2, 0.25) is 5.91 Å². The Kier molecular flexibility index (Phi) is 4.06. The Balaban J connectivity index is 1.78. The van der Waals surface area contributed by atoms with Gasteiger partial charge < -0.3 is 0 Å². The van der Waals surface area contributed by atoms with Crippen molar-refractivity contribution in [3.63, 3.8) is 0 Å². The maximum absolute atomic E-state index is 12.7. The first-order valence-electron chi connectivity index (χ1n) is 7.86. The van der Waals surface area contributed by atoms with Gasteiger partial charge in [-0.05, 0) is 43.9 Å². The van der Waals surface area contributed by atoms with Gasteiger partial charge in [-0.1, -0.05) is 25.1 Å². The Hall–Kier alpha value is -1.68. The Bertz CT molecular complexity index is 525. The fourth-order valence-electron chi connectivity index (χ4n) is 3.04. The second kappa shape index (κ2) is 5.98. The Morgan fingerprint density at radius 2 is 1.90 bits per heavy atom. The number of anilines is 1. The number of hydrogen-bond donors (Lipinski definition) is 0. The molecular weight excluding hydrogens is 264 g/mol. The highest BCUT2D eigenvalue weighted by molar-refractivity contribution is 6.22. The van der Waals surface area contributed by atoms with Gasteiger partial charge in [-0.3, -0.25) is 14.5 Å². The van der Waals surface area contributed by atoms with Crippen molar-refractivity contribution in [2.24, 2.45) is 5.92 Å². The average Bonchev–Trinajstić information content (AvgIpc) is 3.24. The van der Waals surface area contributed by atoms with E-state index in [1.165, 1.54) is 17.7 Å². The Labute approximate surface area is 125 Å². The smallest absolute Gasteiger partial charge is 0.251 e. The predicted molar refractivity (Wildman–Crippen MR) is 81.9 cm³/mol. The minimum atomic E-state index is -0.266. The van der Waals surface area contributed by atoms with E-state index in [4.69, 9.17) is 0 Å². The van der Waals surface area contributed by atoms with E-state index in [1.54, 1.807) is 0 Å². The summed E-state index contributed by atoms with van der Waals surface area (Å²) >= 11 is 0. The molecule has 3 rings (SSSR count). The van der Waals surface area contributed by atoms with E-state index in [1.807, 2.05) is 30.3 Å². The van der Waals surface area contributed by atoms with Crippen LogP contribution in [0.2, 0.25) is 0 Å². The molecule has 4 heteroatoms. The van der Waals surface area contributed by atoms with E-state index in [9.17, 15) is 9.59 Å². The van der Waals surface area contributed by atoms with Crippen LogP contribution in [0.15, 0.2) is 30.3 Å². The van der Waals surface area contributed by atoms with Gasteiger partial charge in [-0.25, -0.2) is 4.90 Å². The molecule has 0 unspecified atom stereocenters. The van der Waals surface area contributed by atoms with Gasteiger partial charge in [0.05, 0.1) is 18.2 Å². The van der Waals surface area contributed by atoms with Crippen molar-refractivity contribution in [1.82, 2.24) is 4.90 Å². The van der Waals surface area contributed by atoms with Crippen LogP contribution in [0.1, 0.15) is 32.6 Å². The largest absolute Gasteiger partial charge is 0.291 e. The lowest BCUT2D eigenvalue weighted by Crippen LogP contribution is -2.43. The van der Waals surface area contributed by atoms with E-state index in [2.05, 4.69) is 11.8 Å². The summed E-state index contributed by atoms with van der Waals surface area (Å²) in [6.07, 6.45) is 3.85. The fourth-order valence-corrected chi connectivity index (χ4v) is 3.04. The second-order valence-corrected chi connectivity index (χ2v) is 6.06. The highest BCUT2D eigenvalue weighted by atomic mass is 16.2. The van der Waals surface area contributed by atoms with Crippen LogP contribution in [0.4, 0.5) is 5.69 Å². The average molecular weight is 286 g/mol. The summed E-state index contributed by atoms with van der Waals surface area (Å²) in [4.78, 5) is 28.6. The zero-order chi connectivity index (χ0) is 14.8. The molecule has 1 heterocycles. The molecule has 1 aromatic carbocycles.